The van der Waals surface area contributed by atoms with E-state index in [9.17, 15) is 0 Å². The molecule has 0 fully saturated rings. The molecule has 2 heterocycles. The summed E-state index contributed by atoms with van der Waals surface area (Å²) < 4.78 is 0. The van der Waals surface area contributed by atoms with Gasteiger partial charge in [0.2, 0.25) is 0 Å². The van der Waals surface area contributed by atoms with Gasteiger partial charge in [0.05, 0.1) is 11.4 Å². The lowest BCUT2D eigenvalue weighted by Gasteiger charge is -2.34. The molecule has 0 aromatic heterocycles. The molecule has 53 heavy (non-hydrogen) atoms. The largest absolute Gasteiger partial charge is 0.359 e. The van der Waals surface area contributed by atoms with Crippen LogP contribution in [0.4, 0.5) is 17.1 Å². The maximum atomic E-state index is 5.23. The number of rotatable bonds is 6. The lowest BCUT2D eigenvalue weighted by Crippen LogP contribution is -2.45. The van der Waals surface area contributed by atoms with E-state index in [2.05, 4.69) is 209 Å². The highest BCUT2D eigenvalue weighted by Crippen LogP contribution is 2.47. The summed E-state index contributed by atoms with van der Waals surface area (Å²) in [7, 11) is 0. The number of aliphatic imine (C=N–C) groups is 1. The Kier molecular flexibility index (Phi) is 7.70. The maximum absolute atomic E-state index is 5.23. The van der Waals surface area contributed by atoms with Crippen LogP contribution < -0.4 is 20.9 Å². The molecule has 8 aromatic carbocycles. The zero-order chi connectivity index (χ0) is 35.1. The van der Waals surface area contributed by atoms with Crippen molar-refractivity contribution in [3.63, 3.8) is 0 Å². The molecule has 0 aliphatic carbocycles. The second-order valence-corrected chi connectivity index (χ2v) is 13.7. The highest BCUT2D eigenvalue weighted by molar-refractivity contribution is 6.16. The first-order valence-corrected chi connectivity index (χ1v) is 18.2. The molecule has 10 rings (SSSR count). The Morgan fingerprint density at radius 1 is 0.453 bits per heavy atom. The van der Waals surface area contributed by atoms with Crippen LogP contribution in [0.2, 0.25) is 0 Å². The second-order valence-electron chi connectivity index (χ2n) is 13.7. The molecule has 2 aliphatic heterocycles. The molecule has 8 aromatic rings. The molecule has 0 bridgehead atoms. The molecule has 0 amide bonds. The number of nitrogens with zero attached hydrogens (tertiary/aromatic N) is 2. The number of fused-ring (bicyclic) bond motifs is 4. The van der Waals surface area contributed by atoms with Crippen molar-refractivity contribution in [1.29, 1.82) is 0 Å². The summed E-state index contributed by atoms with van der Waals surface area (Å²) in [6.45, 7) is 0. The zero-order valence-electron chi connectivity index (χ0n) is 29.0. The number of amidine groups is 1. The Hall–Kier alpha value is -6.69. The van der Waals surface area contributed by atoms with E-state index >= 15 is 0 Å². The minimum atomic E-state index is -0.239. The van der Waals surface area contributed by atoms with Gasteiger partial charge in [-0.1, -0.05) is 164 Å². The highest BCUT2D eigenvalue weighted by Gasteiger charge is 2.32. The van der Waals surface area contributed by atoms with E-state index in [1.165, 1.54) is 43.9 Å². The van der Waals surface area contributed by atoms with Crippen LogP contribution in [-0.2, 0) is 0 Å². The van der Waals surface area contributed by atoms with Crippen LogP contribution in [0.5, 0.6) is 0 Å². The topological polar surface area (TPSA) is 51.7 Å². The van der Waals surface area contributed by atoms with Gasteiger partial charge in [-0.05, 0) is 68.1 Å². The Bertz CT molecular complexity index is 2600. The van der Waals surface area contributed by atoms with E-state index < -0.39 is 0 Å². The van der Waals surface area contributed by atoms with Crippen LogP contribution >= 0.6 is 0 Å². The van der Waals surface area contributed by atoms with E-state index in [1.54, 1.807) is 0 Å². The fraction of sp³-hybridized carbons (Fsp3) is 0.0625. The van der Waals surface area contributed by atoms with E-state index in [0.29, 0.717) is 0 Å². The minimum Gasteiger partial charge on any atom is -0.359 e. The fourth-order valence-corrected chi connectivity index (χ4v) is 8.13. The van der Waals surface area contributed by atoms with Crippen LogP contribution in [0, 0.1) is 0 Å². The number of para-hydroxylation sites is 3. The van der Waals surface area contributed by atoms with Crippen molar-refractivity contribution in [1.82, 2.24) is 10.6 Å². The van der Waals surface area contributed by atoms with Crippen molar-refractivity contribution in [3.05, 3.63) is 210 Å². The summed E-state index contributed by atoms with van der Waals surface area (Å²) in [6, 6.07) is 67.0. The fourth-order valence-electron chi connectivity index (χ4n) is 8.13. The number of nitrogens with one attached hydrogen (secondary N) is 3. The summed E-state index contributed by atoms with van der Waals surface area (Å²) in [5, 5.41) is 16.5. The van der Waals surface area contributed by atoms with Crippen LogP contribution in [0.1, 0.15) is 40.8 Å². The predicted octanol–water partition coefficient (Wildman–Crippen LogP) is 11.3. The number of hydrogen-bond donors (Lipinski definition) is 3. The Balaban J connectivity index is 1.14. The number of anilines is 3. The van der Waals surface area contributed by atoms with Gasteiger partial charge >= 0.3 is 0 Å². The first kappa shape index (κ1) is 31.1. The first-order valence-electron chi connectivity index (χ1n) is 18.2. The Morgan fingerprint density at radius 2 is 1.04 bits per heavy atom. The average molecular weight is 684 g/mol. The maximum Gasteiger partial charge on any atom is 0.131 e. The smallest absolute Gasteiger partial charge is 0.131 e. The van der Waals surface area contributed by atoms with Gasteiger partial charge in [-0.15, -0.1) is 0 Å². The summed E-state index contributed by atoms with van der Waals surface area (Å²) >= 11 is 0. The molecule has 5 heteroatoms. The summed E-state index contributed by atoms with van der Waals surface area (Å²) in [4.78, 5) is 7.62. The van der Waals surface area contributed by atoms with Gasteiger partial charge < -0.3 is 15.5 Å². The van der Waals surface area contributed by atoms with Gasteiger partial charge in [0.15, 0.2) is 0 Å². The molecular formula is C48H37N5. The van der Waals surface area contributed by atoms with E-state index in [1.807, 2.05) is 0 Å². The van der Waals surface area contributed by atoms with E-state index in [-0.39, 0.29) is 18.5 Å². The molecule has 3 atom stereocenters. The first-order chi connectivity index (χ1) is 26.3. The lowest BCUT2D eigenvalue weighted by atomic mass is 9.86. The molecule has 0 saturated carbocycles. The normalized spacial score (nSPS) is 17.9. The van der Waals surface area contributed by atoms with Gasteiger partial charge in [0.25, 0.3) is 0 Å². The summed E-state index contributed by atoms with van der Waals surface area (Å²) in [5.41, 5.74) is 10.4. The van der Waals surface area contributed by atoms with Gasteiger partial charge in [0.1, 0.15) is 24.3 Å². The van der Waals surface area contributed by atoms with Crippen molar-refractivity contribution in [3.8, 4) is 11.1 Å². The molecule has 3 N–H and O–H groups in total. The molecule has 0 saturated heterocycles. The molecule has 254 valence electrons. The van der Waals surface area contributed by atoms with Gasteiger partial charge in [0, 0.05) is 16.8 Å². The number of hydrogen-bond acceptors (Lipinski definition) is 5. The van der Waals surface area contributed by atoms with Crippen LogP contribution in [0.3, 0.4) is 0 Å². The SMILES string of the molecule is c1ccc(C2=NC(c3ccccc3)NC(c3c(-c4ccc(C5Nc6ccccc6N5c5ccccc5)cc4)c4ccccc4c4ccccc34)N2)cc1. The third-order valence-electron chi connectivity index (χ3n) is 10.6. The quantitative estimate of drug-likeness (QED) is 0.153. The summed E-state index contributed by atoms with van der Waals surface area (Å²) in [6.07, 6.45) is -0.525. The molecule has 0 radical (unpaired) electrons. The average Bonchev–Trinajstić information content (AvgIpc) is 3.64. The van der Waals surface area contributed by atoms with Crippen molar-refractivity contribution >= 4 is 44.4 Å². The Labute approximate surface area is 309 Å². The van der Waals surface area contributed by atoms with Crippen LogP contribution in [0.25, 0.3) is 32.7 Å². The zero-order valence-corrected chi connectivity index (χ0v) is 29.0. The van der Waals surface area contributed by atoms with Gasteiger partial charge in [-0.25, -0.2) is 4.99 Å². The van der Waals surface area contributed by atoms with Crippen LogP contribution in [-0.4, -0.2) is 5.84 Å². The number of benzene rings is 8. The van der Waals surface area contributed by atoms with Crippen LogP contribution in [0.15, 0.2) is 193 Å². The second kappa shape index (κ2) is 13.1. The van der Waals surface area contributed by atoms with Crippen molar-refractivity contribution in [2.24, 2.45) is 4.99 Å². The highest BCUT2D eigenvalue weighted by atomic mass is 15.3. The van der Waals surface area contributed by atoms with Gasteiger partial charge in [-0.2, -0.15) is 0 Å². The molecular weight excluding hydrogens is 647 g/mol. The standard InChI is InChI=1S/C48H37N5/c1-4-16-33(17-5-1)45-50-46(34-18-6-2-7-19-34)52-47(51-45)44-40-25-13-11-23-38(40)37-22-10-12-24-39(37)43(44)32-28-30-35(31-29-32)48-49-41-26-14-15-27-42(41)53(48)36-20-8-3-9-21-36/h1-31,45,47-49,51H,(H,50,52). The van der Waals surface area contributed by atoms with E-state index in [4.69, 9.17) is 4.99 Å². The minimum absolute atomic E-state index is 0.0466. The molecule has 2 aliphatic rings. The molecule has 0 spiro atoms. The summed E-state index contributed by atoms with van der Waals surface area (Å²) in [5.74, 6) is 0.870. The van der Waals surface area contributed by atoms with Crippen molar-refractivity contribution in [2.75, 3.05) is 10.2 Å². The molecule has 5 nitrogen and oxygen atoms in total. The Morgan fingerprint density at radius 3 is 1.77 bits per heavy atom. The lowest BCUT2D eigenvalue weighted by molar-refractivity contribution is 0.412. The molecule has 3 unspecified atom stereocenters. The predicted molar refractivity (Wildman–Crippen MR) is 219 cm³/mol. The van der Waals surface area contributed by atoms with E-state index in [0.717, 1.165) is 33.9 Å². The van der Waals surface area contributed by atoms with Crippen molar-refractivity contribution in [2.45, 2.75) is 18.5 Å². The third kappa shape index (κ3) is 5.50. The third-order valence-corrected chi connectivity index (χ3v) is 10.6. The van der Waals surface area contributed by atoms with Crippen molar-refractivity contribution < 1.29 is 0 Å². The van der Waals surface area contributed by atoms with Gasteiger partial charge in [-0.3, -0.25) is 5.32 Å². The monoisotopic (exact) mass is 683 g/mol.